The van der Waals surface area contributed by atoms with Gasteiger partial charge < -0.3 is 16.0 Å². The predicted octanol–water partition coefficient (Wildman–Crippen LogP) is 4.00. The third kappa shape index (κ3) is 8.11. The molecule has 4 N–H and O–H groups in total. The lowest BCUT2D eigenvalue weighted by molar-refractivity contribution is -0.138. The number of likely N-dealkylation sites (tertiary alicyclic amines) is 1. The van der Waals surface area contributed by atoms with Crippen LogP contribution in [0.2, 0.25) is 10.0 Å². The van der Waals surface area contributed by atoms with Gasteiger partial charge in [-0.3, -0.25) is 19.1 Å². The summed E-state index contributed by atoms with van der Waals surface area (Å²) in [6.45, 7) is 0.503. The van der Waals surface area contributed by atoms with Crippen LogP contribution >= 0.6 is 23.2 Å². The average molecular weight is 600 g/mol. The molecule has 0 aromatic heterocycles. The van der Waals surface area contributed by atoms with E-state index in [9.17, 15) is 22.8 Å². The van der Waals surface area contributed by atoms with Crippen molar-refractivity contribution in [1.82, 2.24) is 9.62 Å². The molecule has 4 atom stereocenters. The van der Waals surface area contributed by atoms with Gasteiger partial charge in [0, 0.05) is 18.2 Å². The highest BCUT2D eigenvalue weighted by atomic mass is 35.5. The number of rotatable bonds is 14. The van der Waals surface area contributed by atoms with Crippen LogP contribution in [-0.4, -0.2) is 54.9 Å². The molecule has 3 amide bonds. The van der Waals surface area contributed by atoms with Crippen molar-refractivity contribution < 1.29 is 22.8 Å². The summed E-state index contributed by atoms with van der Waals surface area (Å²) >= 11 is 12.2. The minimum Gasteiger partial charge on any atom is -0.374 e. The molecule has 0 bridgehead atoms. The second kappa shape index (κ2) is 12.9. The van der Waals surface area contributed by atoms with Crippen molar-refractivity contribution in [2.75, 3.05) is 11.9 Å². The second-order valence-electron chi connectivity index (χ2n) is 10.7. The van der Waals surface area contributed by atoms with Gasteiger partial charge in [-0.25, -0.2) is 8.42 Å². The first-order valence-electron chi connectivity index (χ1n) is 13.6. The van der Waals surface area contributed by atoms with Crippen LogP contribution in [0.25, 0.3) is 0 Å². The van der Waals surface area contributed by atoms with Crippen molar-refractivity contribution in [2.24, 2.45) is 17.6 Å². The lowest BCUT2D eigenvalue weighted by Crippen LogP contribution is -2.49. The summed E-state index contributed by atoms with van der Waals surface area (Å²) in [5, 5.41) is 3.68. The summed E-state index contributed by atoms with van der Waals surface area (Å²) in [5.74, 6) is -1.19. The largest absolute Gasteiger partial charge is 0.374 e. The van der Waals surface area contributed by atoms with E-state index in [1.54, 1.807) is 23.1 Å². The van der Waals surface area contributed by atoms with Crippen molar-refractivity contribution in [2.45, 2.75) is 81.5 Å². The van der Waals surface area contributed by atoms with Gasteiger partial charge in [0.15, 0.2) is 0 Å². The number of nitrogens with two attached hydrogens (primary N) is 1. The number of hydrogen-bond acceptors (Lipinski definition) is 6. The van der Waals surface area contributed by atoms with Gasteiger partial charge >= 0.3 is 0 Å². The van der Waals surface area contributed by atoms with E-state index in [1.807, 2.05) is 12.2 Å². The van der Waals surface area contributed by atoms with Crippen molar-refractivity contribution in [3.05, 3.63) is 40.4 Å². The molecule has 39 heavy (non-hydrogen) atoms. The zero-order valence-electron chi connectivity index (χ0n) is 21.8. The van der Waals surface area contributed by atoms with E-state index in [0.29, 0.717) is 54.4 Å². The highest BCUT2D eigenvalue weighted by Gasteiger charge is 2.45. The Morgan fingerprint density at radius 2 is 1.87 bits per heavy atom. The SMILES string of the molecule is NC(=O)[C@@H]1CCCN1C(=O)[C@H](CCCCC/C=C\[C@@H]1C[C@@H]1C(=O)NS(=O)(=O)C1CC1)Nc1ccc(Cl)c(Cl)c1. The maximum absolute atomic E-state index is 13.4. The molecule has 1 heterocycles. The van der Waals surface area contributed by atoms with Crippen LogP contribution in [0.1, 0.15) is 64.2 Å². The molecule has 0 radical (unpaired) electrons. The summed E-state index contributed by atoms with van der Waals surface area (Å²) in [6.07, 6.45) is 11.3. The predicted molar refractivity (Wildman–Crippen MR) is 152 cm³/mol. The van der Waals surface area contributed by atoms with E-state index < -0.39 is 39.2 Å². The molecule has 2 aliphatic carbocycles. The number of anilines is 1. The highest BCUT2D eigenvalue weighted by Crippen LogP contribution is 2.40. The molecule has 1 aliphatic heterocycles. The average Bonchev–Trinajstić information content (AvgIpc) is 3.81. The number of sulfonamides is 1. The van der Waals surface area contributed by atoms with Crippen LogP contribution < -0.4 is 15.8 Å². The fourth-order valence-corrected chi connectivity index (χ4v) is 6.69. The number of allylic oxidation sites excluding steroid dienone is 2. The zero-order chi connectivity index (χ0) is 28.2. The maximum Gasteiger partial charge on any atom is 0.245 e. The molecule has 1 aromatic rings. The van der Waals surface area contributed by atoms with E-state index in [-0.39, 0.29) is 17.7 Å². The van der Waals surface area contributed by atoms with Gasteiger partial charge in [0.05, 0.1) is 15.3 Å². The number of amides is 3. The molecule has 214 valence electrons. The van der Waals surface area contributed by atoms with Crippen LogP contribution in [0, 0.1) is 11.8 Å². The molecule has 3 aliphatic rings. The van der Waals surface area contributed by atoms with Gasteiger partial charge in [0.25, 0.3) is 0 Å². The van der Waals surface area contributed by atoms with Crippen molar-refractivity contribution >= 4 is 56.6 Å². The third-order valence-electron chi connectivity index (χ3n) is 7.55. The minimum atomic E-state index is -3.49. The Kier molecular flexibility index (Phi) is 9.82. The Labute approximate surface area is 239 Å². The van der Waals surface area contributed by atoms with E-state index in [4.69, 9.17) is 28.9 Å². The lowest BCUT2D eigenvalue weighted by Gasteiger charge is -2.28. The highest BCUT2D eigenvalue weighted by molar-refractivity contribution is 7.90. The number of benzene rings is 1. The standard InChI is InChI=1S/C27H36Cl2N4O5S/c28-21-13-10-18(16-22(21)29)31-23(27(36)33-14-6-9-24(33)25(30)34)8-5-3-1-2-4-7-17-15-20(17)26(35)32-39(37,38)19-11-12-19/h4,7,10,13,16-17,19-20,23-24,31H,1-3,5-6,8-9,11-12,14-15H2,(H2,30,34)(H,32,35)/b7-4-/t17-,20+,23+,24+/m1/s1. The Bertz CT molecular complexity index is 1220. The molecule has 9 nitrogen and oxygen atoms in total. The van der Waals surface area contributed by atoms with E-state index >= 15 is 0 Å². The van der Waals surface area contributed by atoms with Gasteiger partial charge in [-0.15, -0.1) is 0 Å². The Hall–Kier alpha value is -2.30. The number of unbranched alkanes of at least 4 members (excludes halogenated alkanes) is 3. The number of nitrogens with zero attached hydrogens (tertiary/aromatic N) is 1. The Morgan fingerprint density at radius 1 is 1.10 bits per heavy atom. The summed E-state index contributed by atoms with van der Waals surface area (Å²) in [6, 6.07) is 4.00. The minimum absolute atomic E-state index is 0.0930. The molecular weight excluding hydrogens is 563 g/mol. The first-order chi connectivity index (χ1) is 18.6. The molecule has 2 saturated carbocycles. The molecule has 12 heteroatoms. The van der Waals surface area contributed by atoms with Gasteiger partial charge in [-0.2, -0.15) is 0 Å². The van der Waals surface area contributed by atoms with Crippen LogP contribution in [0.4, 0.5) is 5.69 Å². The summed E-state index contributed by atoms with van der Waals surface area (Å²) in [4.78, 5) is 39.0. The molecule has 1 aromatic carbocycles. The van der Waals surface area contributed by atoms with Crippen LogP contribution in [0.15, 0.2) is 30.4 Å². The Balaban J connectivity index is 1.22. The second-order valence-corrected chi connectivity index (χ2v) is 13.5. The lowest BCUT2D eigenvalue weighted by atomic mass is 10.0. The van der Waals surface area contributed by atoms with E-state index in [1.165, 1.54) is 0 Å². The number of nitrogens with one attached hydrogen (secondary N) is 2. The molecule has 1 saturated heterocycles. The number of carbonyl (C=O) groups is 3. The van der Waals surface area contributed by atoms with Crippen molar-refractivity contribution in [3.63, 3.8) is 0 Å². The van der Waals surface area contributed by atoms with Crippen molar-refractivity contribution in [1.29, 1.82) is 0 Å². The smallest absolute Gasteiger partial charge is 0.245 e. The van der Waals surface area contributed by atoms with Crippen LogP contribution in [0.3, 0.4) is 0 Å². The fourth-order valence-electron chi connectivity index (χ4n) is 5.04. The number of carbonyl (C=O) groups excluding carboxylic acids is 3. The molecule has 3 fully saturated rings. The van der Waals surface area contributed by atoms with E-state index in [2.05, 4.69) is 10.0 Å². The number of primary amides is 1. The first kappa shape index (κ1) is 29.7. The summed E-state index contributed by atoms with van der Waals surface area (Å²) < 4.78 is 26.1. The molecule has 4 rings (SSSR count). The van der Waals surface area contributed by atoms with Gasteiger partial charge in [0.1, 0.15) is 12.1 Å². The maximum atomic E-state index is 13.4. The van der Waals surface area contributed by atoms with Gasteiger partial charge in [-0.05, 0) is 75.5 Å². The molecular formula is C27H36Cl2N4O5S. The first-order valence-corrected chi connectivity index (χ1v) is 15.9. The van der Waals surface area contributed by atoms with Gasteiger partial charge in [0.2, 0.25) is 27.7 Å². The van der Waals surface area contributed by atoms with Gasteiger partial charge in [-0.1, -0.05) is 48.2 Å². The number of hydrogen-bond donors (Lipinski definition) is 3. The fraction of sp³-hybridized carbons (Fsp3) is 0.593. The summed E-state index contributed by atoms with van der Waals surface area (Å²) in [5.41, 5.74) is 6.21. The van der Waals surface area contributed by atoms with Crippen molar-refractivity contribution in [3.8, 4) is 0 Å². The molecule has 0 unspecified atom stereocenters. The quantitative estimate of drug-likeness (QED) is 0.218. The van der Waals surface area contributed by atoms with Crippen LogP contribution in [-0.2, 0) is 24.4 Å². The normalized spacial score (nSPS) is 23.5. The monoisotopic (exact) mass is 598 g/mol. The third-order valence-corrected chi connectivity index (χ3v) is 10.1. The van der Waals surface area contributed by atoms with Crippen LogP contribution in [0.5, 0.6) is 0 Å². The topological polar surface area (TPSA) is 139 Å². The van der Waals surface area contributed by atoms with E-state index in [0.717, 1.165) is 32.1 Å². The summed E-state index contributed by atoms with van der Waals surface area (Å²) in [7, 11) is -3.49. The number of halogens is 2. The Morgan fingerprint density at radius 3 is 2.56 bits per heavy atom. The molecule has 0 spiro atoms. The zero-order valence-corrected chi connectivity index (χ0v) is 24.1.